The van der Waals surface area contributed by atoms with E-state index in [-0.39, 0.29) is 5.91 Å². The number of para-hydroxylation sites is 1. The molecule has 26 heavy (non-hydrogen) atoms. The van der Waals surface area contributed by atoms with Crippen LogP contribution in [0.5, 0.6) is 0 Å². The van der Waals surface area contributed by atoms with Crippen LogP contribution in [0.4, 0.5) is 5.69 Å². The Labute approximate surface area is 158 Å². The molecule has 138 valence electrons. The molecule has 1 aliphatic heterocycles. The van der Waals surface area contributed by atoms with Gasteiger partial charge in [0.15, 0.2) is 5.16 Å². The van der Waals surface area contributed by atoms with Crippen LogP contribution >= 0.6 is 11.8 Å². The summed E-state index contributed by atoms with van der Waals surface area (Å²) in [5.41, 5.74) is 1.23. The fraction of sp³-hybridized carbons (Fsp3) is 0.526. The molecular formula is C19H25N5OS. The van der Waals surface area contributed by atoms with Gasteiger partial charge in [-0.25, -0.2) is 0 Å². The molecule has 2 heterocycles. The van der Waals surface area contributed by atoms with Crippen LogP contribution in [0, 0.1) is 0 Å². The fourth-order valence-electron chi connectivity index (χ4n) is 3.42. The summed E-state index contributed by atoms with van der Waals surface area (Å²) in [6.07, 6.45) is 2.43. The van der Waals surface area contributed by atoms with E-state index in [0.29, 0.717) is 11.7 Å². The lowest BCUT2D eigenvalue weighted by Crippen LogP contribution is -2.49. The van der Waals surface area contributed by atoms with Crippen LogP contribution in [0.1, 0.15) is 31.5 Å². The van der Waals surface area contributed by atoms with Crippen molar-refractivity contribution in [3.63, 3.8) is 0 Å². The van der Waals surface area contributed by atoms with Gasteiger partial charge < -0.3 is 14.4 Å². The molecule has 0 N–H and O–H groups in total. The van der Waals surface area contributed by atoms with Crippen molar-refractivity contribution in [1.29, 1.82) is 0 Å². The number of carbonyl (C=O) groups is 1. The summed E-state index contributed by atoms with van der Waals surface area (Å²) in [7, 11) is 0. The van der Waals surface area contributed by atoms with E-state index in [1.165, 1.54) is 30.3 Å². The molecule has 2 aromatic rings. The summed E-state index contributed by atoms with van der Waals surface area (Å²) in [5.74, 6) is 2.31. The van der Waals surface area contributed by atoms with Crippen molar-refractivity contribution in [3.8, 4) is 0 Å². The second-order valence-electron chi connectivity index (χ2n) is 6.85. The maximum atomic E-state index is 12.6. The van der Waals surface area contributed by atoms with Crippen molar-refractivity contribution in [1.82, 2.24) is 19.7 Å². The largest absolute Gasteiger partial charge is 0.368 e. The van der Waals surface area contributed by atoms with Gasteiger partial charge in [-0.1, -0.05) is 30.0 Å². The van der Waals surface area contributed by atoms with Gasteiger partial charge in [0.05, 0.1) is 5.75 Å². The lowest BCUT2D eigenvalue weighted by molar-refractivity contribution is -0.128. The van der Waals surface area contributed by atoms with Crippen LogP contribution in [0.3, 0.4) is 0 Å². The zero-order valence-corrected chi connectivity index (χ0v) is 16.0. The Morgan fingerprint density at radius 1 is 1.12 bits per heavy atom. The van der Waals surface area contributed by atoms with Crippen LogP contribution < -0.4 is 4.90 Å². The summed E-state index contributed by atoms with van der Waals surface area (Å²) < 4.78 is 2.17. The Kier molecular flexibility index (Phi) is 5.15. The molecule has 0 unspecified atom stereocenters. The molecule has 0 spiro atoms. The molecule has 1 saturated heterocycles. The summed E-state index contributed by atoms with van der Waals surface area (Å²) in [6.45, 7) is 6.31. The van der Waals surface area contributed by atoms with Crippen molar-refractivity contribution in [3.05, 3.63) is 36.2 Å². The number of piperazine rings is 1. The van der Waals surface area contributed by atoms with E-state index in [1.54, 1.807) is 0 Å². The van der Waals surface area contributed by atoms with E-state index in [1.807, 2.05) is 11.0 Å². The van der Waals surface area contributed by atoms with Gasteiger partial charge in [-0.3, -0.25) is 4.79 Å². The van der Waals surface area contributed by atoms with E-state index >= 15 is 0 Å². The van der Waals surface area contributed by atoms with Crippen molar-refractivity contribution < 1.29 is 4.79 Å². The topological polar surface area (TPSA) is 54.3 Å². The fourth-order valence-corrected chi connectivity index (χ4v) is 4.33. The van der Waals surface area contributed by atoms with Crippen molar-refractivity contribution >= 4 is 23.4 Å². The molecule has 1 aromatic carbocycles. The van der Waals surface area contributed by atoms with Crippen LogP contribution in [0.15, 0.2) is 35.5 Å². The quantitative estimate of drug-likeness (QED) is 0.731. The molecule has 0 bridgehead atoms. The molecule has 0 atom stereocenters. The monoisotopic (exact) mass is 371 g/mol. The van der Waals surface area contributed by atoms with Gasteiger partial charge in [-0.2, -0.15) is 0 Å². The third kappa shape index (κ3) is 3.72. The summed E-state index contributed by atoms with van der Waals surface area (Å²) >= 11 is 1.52. The van der Waals surface area contributed by atoms with E-state index in [9.17, 15) is 4.79 Å². The van der Waals surface area contributed by atoms with Crippen LogP contribution in [-0.2, 0) is 11.3 Å². The second kappa shape index (κ2) is 7.70. The highest BCUT2D eigenvalue weighted by Crippen LogP contribution is 2.40. The van der Waals surface area contributed by atoms with Crippen LogP contribution in [-0.4, -0.2) is 57.5 Å². The Morgan fingerprint density at radius 2 is 1.85 bits per heavy atom. The maximum absolute atomic E-state index is 12.6. The van der Waals surface area contributed by atoms with Crippen LogP contribution in [0.25, 0.3) is 0 Å². The molecular weight excluding hydrogens is 346 g/mol. The van der Waals surface area contributed by atoms with Gasteiger partial charge in [0.25, 0.3) is 0 Å². The Bertz CT molecular complexity index is 751. The average molecular weight is 372 g/mol. The number of anilines is 1. The molecule has 4 rings (SSSR count). The zero-order chi connectivity index (χ0) is 17.9. The van der Waals surface area contributed by atoms with Gasteiger partial charge in [-0.15, -0.1) is 10.2 Å². The van der Waals surface area contributed by atoms with Crippen LogP contribution in [0.2, 0.25) is 0 Å². The summed E-state index contributed by atoms with van der Waals surface area (Å²) in [4.78, 5) is 16.9. The smallest absolute Gasteiger partial charge is 0.233 e. The minimum absolute atomic E-state index is 0.196. The SMILES string of the molecule is CCn1c(SCC(=O)N2CCN(c3ccccc3)CC2)nnc1C1CC1. The molecule has 7 heteroatoms. The Hall–Kier alpha value is -2.02. The number of hydrogen-bond donors (Lipinski definition) is 0. The number of aromatic nitrogens is 3. The van der Waals surface area contributed by atoms with E-state index < -0.39 is 0 Å². The van der Waals surface area contributed by atoms with E-state index in [4.69, 9.17) is 0 Å². The molecule has 2 aliphatic rings. The highest BCUT2D eigenvalue weighted by molar-refractivity contribution is 7.99. The minimum Gasteiger partial charge on any atom is -0.368 e. The average Bonchev–Trinajstić information content (AvgIpc) is 3.46. The normalized spacial score (nSPS) is 17.6. The van der Waals surface area contributed by atoms with Gasteiger partial charge in [0.1, 0.15) is 5.82 Å². The number of nitrogens with zero attached hydrogens (tertiary/aromatic N) is 5. The first-order chi connectivity index (χ1) is 12.8. The zero-order valence-electron chi connectivity index (χ0n) is 15.2. The molecule has 1 aromatic heterocycles. The Morgan fingerprint density at radius 3 is 2.50 bits per heavy atom. The number of thioether (sulfide) groups is 1. The number of carbonyl (C=O) groups excluding carboxylic acids is 1. The lowest BCUT2D eigenvalue weighted by atomic mass is 10.2. The molecule has 0 radical (unpaired) electrons. The lowest BCUT2D eigenvalue weighted by Gasteiger charge is -2.36. The predicted octanol–water partition coefficient (Wildman–Crippen LogP) is 2.62. The molecule has 6 nitrogen and oxygen atoms in total. The van der Waals surface area contributed by atoms with Crippen molar-refractivity contribution in [2.45, 2.75) is 37.4 Å². The molecule has 1 aliphatic carbocycles. The second-order valence-corrected chi connectivity index (χ2v) is 7.79. The maximum Gasteiger partial charge on any atom is 0.233 e. The molecule has 1 amide bonds. The summed E-state index contributed by atoms with van der Waals surface area (Å²) in [5, 5.41) is 9.54. The molecule has 2 fully saturated rings. The van der Waals surface area contributed by atoms with E-state index in [2.05, 4.69) is 50.9 Å². The first-order valence-corrected chi connectivity index (χ1v) is 10.4. The number of benzene rings is 1. The van der Waals surface area contributed by atoms with Gasteiger partial charge >= 0.3 is 0 Å². The third-order valence-electron chi connectivity index (χ3n) is 5.08. The molecule has 1 saturated carbocycles. The number of rotatable bonds is 6. The number of amides is 1. The number of hydrogen-bond acceptors (Lipinski definition) is 5. The standard InChI is InChI=1S/C19H25N5OS/c1-2-24-18(15-8-9-15)20-21-19(24)26-14-17(25)23-12-10-22(11-13-23)16-6-4-3-5-7-16/h3-7,15H,2,8-14H2,1H3. The highest BCUT2D eigenvalue weighted by atomic mass is 32.2. The summed E-state index contributed by atoms with van der Waals surface area (Å²) in [6, 6.07) is 10.4. The van der Waals surface area contributed by atoms with E-state index in [0.717, 1.165) is 43.7 Å². The van der Waals surface area contributed by atoms with Crippen molar-refractivity contribution in [2.75, 3.05) is 36.8 Å². The van der Waals surface area contributed by atoms with Gasteiger partial charge in [-0.05, 0) is 31.9 Å². The van der Waals surface area contributed by atoms with Gasteiger partial charge in [0.2, 0.25) is 5.91 Å². The first kappa shape index (κ1) is 17.4. The highest BCUT2D eigenvalue weighted by Gasteiger charge is 2.30. The third-order valence-corrected chi connectivity index (χ3v) is 6.03. The van der Waals surface area contributed by atoms with Gasteiger partial charge in [0, 0.05) is 44.3 Å². The first-order valence-electron chi connectivity index (χ1n) is 9.40. The van der Waals surface area contributed by atoms with Crippen molar-refractivity contribution in [2.24, 2.45) is 0 Å². The minimum atomic E-state index is 0.196. The Balaban J connectivity index is 1.29. The predicted molar refractivity (Wildman–Crippen MR) is 104 cm³/mol.